The highest BCUT2D eigenvalue weighted by Crippen LogP contribution is 1.98. The molecule has 0 N–H and O–H groups in total. The maximum absolute atomic E-state index is 10.0. The summed E-state index contributed by atoms with van der Waals surface area (Å²) in [6.07, 6.45) is 0. The molecule has 7 nitrogen and oxygen atoms in total. The first-order valence-electron chi connectivity index (χ1n) is 1.64. The second-order valence-electron chi connectivity index (χ2n) is 0.943. The number of nitrogens with zero attached hydrogens (tertiary/aromatic N) is 5. The molecule has 0 aromatic carbocycles. The van der Waals surface area contributed by atoms with Crippen LogP contribution in [0, 0.1) is 10.1 Å². The first-order valence-corrected chi connectivity index (χ1v) is 1.64. The highest BCUT2D eigenvalue weighted by atomic mass is 16.5. The Morgan fingerprint density at radius 3 is 2.75 bits per heavy atom. The Morgan fingerprint density at radius 2 is 2.50 bits per heavy atom. The molecule has 0 saturated carbocycles. The molecule has 8 heavy (non-hydrogen) atoms. The van der Waals surface area contributed by atoms with Crippen LogP contribution in [0.2, 0.25) is 0 Å². The van der Waals surface area contributed by atoms with Crippen molar-refractivity contribution >= 4 is 5.95 Å². The third-order valence-corrected chi connectivity index (χ3v) is 0.508. The van der Waals surface area contributed by atoms with E-state index < -0.39 is 5.95 Å². The third kappa shape index (κ3) is 0.491. The van der Waals surface area contributed by atoms with Gasteiger partial charge in [0.2, 0.25) is 0 Å². The summed E-state index contributed by atoms with van der Waals surface area (Å²) in [6, 6.07) is 0. The summed E-state index contributed by atoms with van der Waals surface area (Å²) in [5.41, 5.74) is 0. The lowest BCUT2D eigenvalue weighted by molar-refractivity contribution is 0.792. The van der Waals surface area contributed by atoms with Gasteiger partial charge < -0.3 is 5.21 Å². The highest BCUT2D eigenvalue weighted by Gasteiger charge is 1.93. The first-order chi connectivity index (χ1) is 3.84. The monoisotopic (exact) mass is 114 g/mol. The number of aromatic nitrogens is 4. The third-order valence-electron chi connectivity index (χ3n) is 0.508. The molecule has 0 amide bonds. The lowest BCUT2D eigenvalue weighted by Gasteiger charge is -1.96. The van der Waals surface area contributed by atoms with Gasteiger partial charge in [0.1, 0.15) is 0 Å². The molecule has 7 heteroatoms. The molecule has 0 bridgehead atoms. The average molecular weight is 114 g/mol. The fourth-order valence-electron chi connectivity index (χ4n) is 0.228. The minimum Gasteiger partial charge on any atom is -0.786 e. The van der Waals surface area contributed by atoms with Crippen molar-refractivity contribution in [3.8, 4) is 0 Å². The van der Waals surface area contributed by atoms with E-state index in [1.807, 2.05) is 0 Å². The number of rotatable bonds is 1. The average Bonchev–Trinajstić information content (AvgIpc) is 2.14. The van der Waals surface area contributed by atoms with E-state index in [1.54, 1.807) is 0 Å². The number of hydrogen-bond donors (Lipinski definition) is 0. The number of hydrogen-bond acceptors (Lipinski definition) is 6. The molecule has 0 unspecified atom stereocenters. The van der Waals surface area contributed by atoms with E-state index >= 15 is 0 Å². The second-order valence-corrected chi connectivity index (χ2v) is 0.943. The molecule has 0 fully saturated rings. The van der Waals surface area contributed by atoms with Crippen molar-refractivity contribution in [3.05, 3.63) is 10.1 Å². The van der Waals surface area contributed by atoms with Crippen molar-refractivity contribution in [3.63, 3.8) is 0 Å². The first kappa shape index (κ1) is 4.62. The summed E-state index contributed by atoms with van der Waals surface area (Å²) in [6.45, 7) is 0. The highest BCUT2D eigenvalue weighted by molar-refractivity contribution is 5.09. The fraction of sp³-hybridized carbons (Fsp3) is 0. The number of nitroso groups, excluding NO2 is 1. The molecule has 42 valence electrons. The maximum atomic E-state index is 10.0. The van der Waals surface area contributed by atoms with Crippen LogP contribution in [0.5, 0.6) is 0 Å². The quantitative estimate of drug-likeness (QED) is 0.455. The van der Waals surface area contributed by atoms with E-state index in [-0.39, 0.29) is 4.85 Å². The van der Waals surface area contributed by atoms with Crippen LogP contribution in [0.1, 0.15) is 0 Å². The molecule has 1 rings (SSSR count). The van der Waals surface area contributed by atoms with E-state index in [4.69, 9.17) is 0 Å². The molecule has 0 radical (unpaired) electrons. The maximum Gasteiger partial charge on any atom is 0.305 e. The zero-order valence-corrected chi connectivity index (χ0v) is 3.55. The Bertz CT molecular complexity index is 192. The van der Waals surface area contributed by atoms with Crippen molar-refractivity contribution in [2.24, 2.45) is 5.18 Å². The van der Waals surface area contributed by atoms with Gasteiger partial charge in [0, 0.05) is 5.18 Å². The minimum absolute atomic E-state index is 0.0625. The van der Waals surface area contributed by atoms with Crippen LogP contribution < -0.4 is 0 Å². The van der Waals surface area contributed by atoms with Crippen LogP contribution in [0.4, 0.5) is 5.95 Å². The summed E-state index contributed by atoms with van der Waals surface area (Å²) in [7, 11) is 0. The molecule has 0 aliphatic carbocycles. The van der Waals surface area contributed by atoms with Crippen molar-refractivity contribution in [2.75, 3.05) is 0 Å². The molecule has 0 aliphatic heterocycles. The molecule has 1 heterocycles. The molecule has 0 spiro atoms. The summed E-state index contributed by atoms with van der Waals surface area (Å²) < 4.78 is 0. The Hall–Kier alpha value is -1.53. The summed E-state index contributed by atoms with van der Waals surface area (Å²) >= 11 is 0. The molecule has 1 aromatic rings. The van der Waals surface area contributed by atoms with Crippen molar-refractivity contribution in [1.29, 1.82) is 0 Å². The standard InChI is InChI=1S/CN5O2/c7-3-1-2-4-5-6(1)8/q-1. The summed E-state index contributed by atoms with van der Waals surface area (Å²) in [5, 5.41) is 20.8. The zero-order chi connectivity index (χ0) is 5.98. The van der Waals surface area contributed by atoms with Gasteiger partial charge in [-0.1, -0.05) is 5.10 Å². The van der Waals surface area contributed by atoms with Gasteiger partial charge in [-0.3, -0.25) is 0 Å². The van der Waals surface area contributed by atoms with Gasteiger partial charge in [-0.25, -0.2) is 4.85 Å². The molecule has 1 aromatic heterocycles. The Balaban J connectivity index is 3.09. The van der Waals surface area contributed by atoms with Gasteiger partial charge in [-0.15, -0.1) is 4.91 Å². The van der Waals surface area contributed by atoms with Crippen LogP contribution in [0.25, 0.3) is 0 Å². The minimum atomic E-state index is -0.565. The number of tetrazole rings is 1. The van der Waals surface area contributed by atoms with Crippen LogP contribution in [0.15, 0.2) is 5.18 Å². The molecular weight excluding hydrogens is 114 g/mol. The lowest BCUT2D eigenvalue weighted by Crippen LogP contribution is -1.85. The Labute approximate surface area is 42.9 Å². The van der Waals surface area contributed by atoms with Gasteiger partial charge in [0.05, 0.1) is 0 Å². The van der Waals surface area contributed by atoms with Crippen molar-refractivity contribution in [1.82, 2.24) is 20.4 Å². The summed E-state index contributed by atoms with van der Waals surface area (Å²) in [4.78, 5) is 9.41. The van der Waals surface area contributed by atoms with Crippen molar-refractivity contribution < 1.29 is 0 Å². The van der Waals surface area contributed by atoms with E-state index in [0.29, 0.717) is 0 Å². The van der Waals surface area contributed by atoms with E-state index in [0.717, 1.165) is 0 Å². The SMILES string of the molecule is O=Nc1nnnn1[O-]. The van der Waals surface area contributed by atoms with Crippen LogP contribution in [-0.4, -0.2) is 20.4 Å². The molecule has 0 atom stereocenters. The molecule has 0 saturated heterocycles. The largest absolute Gasteiger partial charge is 0.786 e. The van der Waals surface area contributed by atoms with Crippen molar-refractivity contribution in [2.45, 2.75) is 0 Å². The predicted octanol–water partition coefficient (Wildman–Crippen LogP) is -0.583. The van der Waals surface area contributed by atoms with E-state index in [2.05, 4.69) is 20.7 Å². The topological polar surface area (TPSA) is 96.1 Å². The van der Waals surface area contributed by atoms with E-state index in [9.17, 15) is 10.1 Å². The van der Waals surface area contributed by atoms with Gasteiger partial charge in [-0.05, 0) is 10.4 Å². The fourth-order valence-corrected chi connectivity index (χ4v) is 0.228. The predicted molar refractivity (Wildman–Crippen MR) is 22.0 cm³/mol. The molecule has 0 aliphatic rings. The lowest BCUT2D eigenvalue weighted by atomic mass is 11.1. The zero-order valence-electron chi connectivity index (χ0n) is 3.55. The second kappa shape index (κ2) is 1.52. The van der Waals surface area contributed by atoms with Gasteiger partial charge in [-0.2, -0.15) is 0 Å². The van der Waals surface area contributed by atoms with Gasteiger partial charge >= 0.3 is 5.95 Å². The van der Waals surface area contributed by atoms with Gasteiger partial charge in [0.25, 0.3) is 0 Å². The van der Waals surface area contributed by atoms with E-state index in [1.165, 1.54) is 0 Å². The van der Waals surface area contributed by atoms with Crippen LogP contribution >= 0.6 is 0 Å². The van der Waals surface area contributed by atoms with Gasteiger partial charge in [0.15, 0.2) is 0 Å². The Kier molecular flexibility index (Phi) is 0.881. The smallest absolute Gasteiger partial charge is 0.305 e. The normalized spacial score (nSPS) is 9.00. The van der Waals surface area contributed by atoms with Crippen LogP contribution in [0.3, 0.4) is 0 Å². The Morgan fingerprint density at radius 1 is 1.75 bits per heavy atom. The summed E-state index contributed by atoms with van der Waals surface area (Å²) in [5.74, 6) is -0.565. The van der Waals surface area contributed by atoms with Crippen LogP contribution in [-0.2, 0) is 0 Å². The molecular formula is CN5O2-.